The fraction of sp³-hybridized carbons (Fsp3) is 0.0667. The maximum atomic E-state index is 12.0. The molecule has 20 heavy (non-hydrogen) atoms. The number of anilines is 2. The molecule has 0 atom stereocenters. The largest absolute Gasteiger partial charge is 0.280 e. The van der Waals surface area contributed by atoms with E-state index in [0.29, 0.717) is 12.0 Å². The zero-order chi connectivity index (χ0) is 14.5. The van der Waals surface area contributed by atoms with Gasteiger partial charge in [0, 0.05) is 16.5 Å². The molecule has 0 saturated carbocycles. The summed E-state index contributed by atoms with van der Waals surface area (Å²) >= 11 is 0. The highest BCUT2D eigenvalue weighted by atomic mass is 16.2. The molecule has 1 amide bonds. The highest BCUT2D eigenvalue weighted by molar-refractivity contribution is 6.07. The Labute approximate surface area is 116 Å². The van der Waals surface area contributed by atoms with Crippen molar-refractivity contribution in [3.05, 3.63) is 59.7 Å². The summed E-state index contributed by atoms with van der Waals surface area (Å²) in [6.07, 6.45) is 0.441. The van der Waals surface area contributed by atoms with Crippen molar-refractivity contribution in [2.45, 2.75) is 6.42 Å². The first-order valence-corrected chi connectivity index (χ1v) is 5.90. The van der Waals surface area contributed by atoms with Crippen molar-refractivity contribution >= 4 is 17.3 Å². The average molecular weight is 262 g/mol. The Morgan fingerprint density at radius 2 is 1.65 bits per heavy atom. The van der Waals surface area contributed by atoms with Gasteiger partial charge >= 0.3 is 0 Å². The monoisotopic (exact) mass is 262 g/mol. The molecule has 2 aromatic carbocycles. The molecule has 0 N–H and O–H groups in total. The summed E-state index contributed by atoms with van der Waals surface area (Å²) in [4.78, 5) is 13.8. The van der Waals surface area contributed by atoms with Crippen LogP contribution >= 0.6 is 0 Å². The average Bonchev–Trinajstić information content (AvgIpc) is 2.85. The molecule has 96 valence electrons. The van der Waals surface area contributed by atoms with Gasteiger partial charge in [0.1, 0.15) is 0 Å². The van der Waals surface area contributed by atoms with Crippen molar-refractivity contribution in [3.63, 3.8) is 0 Å². The highest BCUT2D eigenvalue weighted by Crippen LogP contribution is 2.34. The zero-order valence-electron chi connectivity index (χ0n) is 10.5. The molecule has 5 heteroatoms. The van der Waals surface area contributed by atoms with Crippen LogP contribution < -0.4 is 4.90 Å². The fourth-order valence-electron chi connectivity index (χ4n) is 2.22. The normalized spacial score (nSPS) is 12.1. The lowest BCUT2D eigenvalue weighted by atomic mass is 10.1. The van der Waals surface area contributed by atoms with Gasteiger partial charge in [-0.25, -0.2) is 0 Å². The van der Waals surface area contributed by atoms with Crippen molar-refractivity contribution in [3.8, 4) is 6.07 Å². The molecule has 0 aliphatic carbocycles. The molecule has 0 saturated heterocycles. The summed E-state index contributed by atoms with van der Waals surface area (Å²) in [5.74, 6) is 0.0703. The van der Waals surface area contributed by atoms with E-state index in [9.17, 15) is 4.79 Å². The van der Waals surface area contributed by atoms with E-state index in [4.69, 9.17) is 16.0 Å². The van der Waals surface area contributed by atoms with E-state index in [-0.39, 0.29) is 5.91 Å². The van der Waals surface area contributed by atoms with Gasteiger partial charge in [0.25, 0.3) is 0 Å². The molecule has 0 fully saturated rings. The van der Waals surface area contributed by atoms with Gasteiger partial charge in [-0.2, -0.15) is 5.26 Å². The first-order chi connectivity index (χ1) is 9.79. The minimum atomic E-state index is 0.0703. The van der Waals surface area contributed by atoms with Crippen LogP contribution in [0.25, 0.3) is 0 Å². The van der Waals surface area contributed by atoms with Crippen LogP contribution in [0.15, 0.2) is 48.5 Å². The van der Waals surface area contributed by atoms with E-state index >= 15 is 0 Å². The van der Waals surface area contributed by atoms with Gasteiger partial charge in [0.05, 0.1) is 23.7 Å². The number of amides is 1. The van der Waals surface area contributed by atoms with Crippen LogP contribution in [-0.2, 0) is 11.2 Å². The van der Waals surface area contributed by atoms with Crippen molar-refractivity contribution in [2.75, 3.05) is 4.90 Å². The molecule has 1 heterocycles. The van der Waals surface area contributed by atoms with Crippen molar-refractivity contribution in [1.29, 1.82) is 16.0 Å². The minimum absolute atomic E-state index is 0.0703. The topological polar surface area (TPSA) is 91.7 Å². The molecule has 3 rings (SSSR count). The number of carbonyl (C=O) groups is 1. The standard InChI is InChI=1S/C15H10N2O.N2/c16-10-11-5-7-13(8-6-11)17-14-4-2-1-3-12(14)9-15(17)18;1-2/h1-8H,9H2;. The number of rotatable bonds is 1. The molecule has 0 spiro atoms. The minimum Gasteiger partial charge on any atom is -0.280 e. The van der Waals surface area contributed by atoms with Crippen LogP contribution in [0.5, 0.6) is 0 Å². The van der Waals surface area contributed by atoms with Gasteiger partial charge in [0.15, 0.2) is 0 Å². The van der Waals surface area contributed by atoms with Crippen molar-refractivity contribution < 1.29 is 4.79 Å². The summed E-state index contributed by atoms with van der Waals surface area (Å²) in [5, 5.41) is 20.8. The van der Waals surface area contributed by atoms with Crippen LogP contribution in [0.4, 0.5) is 11.4 Å². The number of nitrogens with zero attached hydrogens (tertiary/aromatic N) is 4. The number of benzene rings is 2. The quantitative estimate of drug-likeness (QED) is 0.738. The van der Waals surface area contributed by atoms with Crippen LogP contribution in [0.1, 0.15) is 11.1 Å². The summed E-state index contributed by atoms with van der Waals surface area (Å²) in [6, 6.07) is 16.9. The molecular weight excluding hydrogens is 252 g/mol. The predicted molar refractivity (Wildman–Crippen MR) is 71.9 cm³/mol. The van der Waals surface area contributed by atoms with Crippen LogP contribution in [0.2, 0.25) is 0 Å². The van der Waals surface area contributed by atoms with Crippen molar-refractivity contribution in [2.24, 2.45) is 0 Å². The van der Waals surface area contributed by atoms with Gasteiger partial charge in [-0.3, -0.25) is 9.69 Å². The predicted octanol–water partition coefficient (Wildman–Crippen LogP) is 2.81. The molecule has 1 aliphatic rings. The van der Waals surface area contributed by atoms with Gasteiger partial charge in [-0.15, -0.1) is 0 Å². The summed E-state index contributed by atoms with van der Waals surface area (Å²) < 4.78 is 0. The van der Waals surface area contributed by atoms with E-state index in [1.165, 1.54) is 0 Å². The Morgan fingerprint density at radius 1 is 1.00 bits per heavy atom. The first kappa shape index (κ1) is 13.3. The third-order valence-electron chi connectivity index (χ3n) is 3.08. The third kappa shape index (κ3) is 2.21. The highest BCUT2D eigenvalue weighted by Gasteiger charge is 2.27. The van der Waals surface area contributed by atoms with E-state index in [1.807, 2.05) is 24.3 Å². The maximum Gasteiger partial charge on any atom is 0.236 e. The second-order valence-corrected chi connectivity index (χ2v) is 4.19. The summed E-state index contributed by atoms with van der Waals surface area (Å²) in [6.45, 7) is 0. The number of carbonyl (C=O) groups excluding carboxylic acids is 1. The number of fused-ring (bicyclic) bond motifs is 1. The van der Waals surface area contributed by atoms with Crippen molar-refractivity contribution in [1.82, 2.24) is 0 Å². The first-order valence-electron chi connectivity index (χ1n) is 5.90. The molecule has 0 unspecified atom stereocenters. The van der Waals surface area contributed by atoms with Crippen LogP contribution in [0, 0.1) is 22.1 Å². The molecule has 0 bridgehead atoms. The Balaban J connectivity index is 0.000000704. The fourth-order valence-corrected chi connectivity index (χ4v) is 2.22. The number of para-hydroxylation sites is 1. The van der Waals surface area contributed by atoms with Gasteiger partial charge < -0.3 is 0 Å². The molecule has 1 aliphatic heterocycles. The lowest BCUT2D eigenvalue weighted by Gasteiger charge is -2.17. The Morgan fingerprint density at radius 3 is 2.30 bits per heavy atom. The molecule has 2 aromatic rings. The lowest BCUT2D eigenvalue weighted by Crippen LogP contribution is -2.20. The lowest BCUT2D eigenvalue weighted by molar-refractivity contribution is -0.116. The SMILES string of the molecule is N#Cc1ccc(N2C(=O)Cc3ccccc32)cc1.N#N. The van der Waals surface area contributed by atoms with E-state index in [1.54, 1.807) is 29.2 Å². The smallest absolute Gasteiger partial charge is 0.236 e. The zero-order valence-corrected chi connectivity index (χ0v) is 10.5. The number of hydrogen-bond acceptors (Lipinski definition) is 4. The van der Waals surface area contributed by atoms with Gasteiger partial charge in [0.2, 0.25) is 5.91 Å². The maximum absolute atomic E-state index is 12.0. The second kappa shape index (κ2) is 5.64. The van der Waals surface area contributed by atoms with Crippen LogP contribution in [-0.4, -0.2) is 5.91 Å². The molecule has 0 aromatic heterocycles. The van der Waals surface area contributed by atoms with E-state index in [2.05, 4.69) is 6.07 Å². The molecule has 0 radical (unpaired) electrons. The Hall–Kier alpha value is -3.18. The Bertz CT molecular complexity index is 698. The van der Waals surface area contributed by atoms with Gasteiger partial charge in [-0.1, -0.05) is 18.2 Å². The Kier molecular flexibility index (Phi) is 3.74. The number of nitriles is 1. The third-order valence-corrected chi connectivity index (χ3v) is 3.08. The van der Waals surface area contributed by atoms with Crippen LogP contribution in [0.3, 0.4) is 0 Å². The molecule has 5 nitrogen and oxygen atoms in total. The van der Waals surface area contributed by atoms with Gasteiger partial charge in [-0.05, 0) is 35.9 Å². The summed E-state index contributed by atoms with van der Waals surface area (Å²) in [7, 11) is 0. The van der Waals surface area contributed by atoms with E-state index < -0.39 is 0 Å². The number of hydrogen-bond donors (Lipinski definition) is 0. The van der Waals surface area contributed by atoms with E-state index in [0.717, 1.165) is 16.9 Å². The second-order valence-electron chi connectivity index (χ2n) is 4.19. The summed E-state index contributed by atoms with van der Waals surface area (Å²) in [5.41, 5.74) is 3.39. The molecular formula is C15H10N4O.